The van der Waals surface area contributed by atoms with Crippen LogP contribution in [-0.2, 0) is 9.53 Å². The highest BCUT2D eigenvalue weighted by atomic mass is 79.9. The number of ether oxygens (including phenoxy) is 1. The monoisotopic (exact) mass is 295 g/mol. The average molecular weight is 296 g/mol. The molecule has 0 bridgehead atoms. The minimum atomic E-state index is -0.0410. The number of benzene rings is 1. The van der Waals surface area contributed by atoms with Gasteiger partial charge in [-0.2, -0.15) is 0 Å². The first kappa shape index (κ1) is 12.3. The van der Waals surface area contributed by atoms with Crippen LogP contribution in [0.2, 0.25) is 0 Å². The molecule has 1 amide bonds. The van der Waals surface area contributed by atoms with E-state index in [1.807, 2.05) is 24.3 Å². The molecular weight excluding hydrogens is 282 g/mol. The first-order valence-electron chi connectivity index (χ1n) is 5.46. The van der Waals surface area contributed by atoms with Gasteiger partial charge in [-0.3, -0.25) is 4.79 Å². The first-order valence-corrected chi connectivity index (χ1v) is 6.25. The van der Waals surface area contributed by atoms with Gasteiger partial charge in [-0.15, -0.1) is 6.58 Å². The van der Waals surface area contributed by atoms with Gasteiger partial charge in [0.25, 0.3) is 0 Å². The molecule has 90 valence electrons. The zero-order chi connectivity index (χ0) is 12.3. The maximum absolute atomic E-state index is 11.6. The SMILES string of the molecule is C=CCN1C[C@@H](c2ccc(Br)cc2)OCC1=O. The summed E-state index contributed by atoms with van der Waals surface area (Å²) in [5.41, 5.74) is 1.09. The van der Waals surface area contributed by atoms with E-state index in [1.165, 1.54) is 0 Å². The van der Waals surface area contributed by atoms with Crippen molar-refractivity contribution in [1.29, 1.82) is 0 Å². The molecule has 2 rings (SSSR count). The van der Waals surface area contributed by atoms with Gasteiger partial charge in [-0.25, -0.2) is 0 Å². The van der Waals surface area contributed by atoms with Crippen LogP contribution in [0, 0.1) is 0 Å². The fraction of sp³-hybridized carbons (Fsp3) is 0.308. The molecule has 4 heteroatoms. The number of rotatable bonds is 3. The van der Waals surface area contributed by atoms with Crippen LogP contribution in [0.1, 0.15) is 11.7 Å². The van der Waals surface area contributed by atoms with Gasteiger partial charge >= 0.3 is 0 Å². The van der Waals surface area contributed by atoms with Crippen LogP contribution in [0.3, 0.4) is 0 Å². The van der Waals surface area contributed by atoms with Crippen LogP contribution >= 0.6 is 15.9 Å². The van der Waals surface area contributed by atoms with E-state index in [4.69, 9.17) is 4.74 Å². The molecule has 1 fully saturated rings. The molecule has 0 spiro atoms. The quantitative estimate of drug-likeness (QED) is 0.802. The molecular formula is C13H14BrNO2. The molecule has 1 saturated heterocycles. The van der Waals surface area contributed by atoms with E-state index in [1.54, 1.807) is 11.0 Å². The van der Waals surface area contributed by atoms with E-state index < -0.39 is 0 Å². The number of morpholine rings is 1. The maximum atomic E-state index is 11.6. The first-order chi connectivity index (χ1) is 8.20. The Balaban J connectivity index is 2.09. The lowest BCUT2D eigenvalue weighted by Crippen LogP contribution is -2.43. The molecule has 1 aromatic carbocycles. The van der Waals surface area contributed by atoms with Crippen molar-refractivity contribution < 1.29 is 9.53 Å². The van der Waals surface area contributed by atoms with Crippen LogP contribution in [0.4, 0.5) is 0 Å². The van der Waals surface area contributed by atoms with E-state index in [2.05, 4.69) is 22.5 Å². The predicted octanol–water partition coefficient (Wildman–Crippen LogP) is 2.54. The van der Waals surface area contributed by atoms with Gasteiger partial charge in [0.2, 0.25) is 5.91 Å². The standard InChI is InChI=1S/C13H14BrNO2/c1-2-7-15-8-12(17-9-13(15)16)10-3-5-11(14)6-4-10/h2-6,12H,1,7-9H2/t12-/m0/s1. The molecule has 1 aromatic rings. The molecule has 0 unspecified atom stereocenters. The average Bonchev–Trinajstić information content (AvgIpc) is 2.33. The second-order valence-electron chi connectivity index (χ2n) is 3.94. The van der Waals surface area contributed by atoms with Crippen LogP contribution in [-0.4, -0.2) is 30.5 Å². The molecule has 0 aliphatic carbocycles. The van der Waals surface area contributed by atoms with Crippen molar-refractivity contribution in [3.8, 4) is 0 Å². The highest BCUT2D eigenvalue weighted by Crippen LogP contribution is 2.24. The topological polar surface area (TPSA) is 29.5 Å². The van der Waals surface area contributed by atoms with Gasteiger partial charge in [-0.1, -0.05) is 34.1 Å². The van der Waals surface area contributed by atoms with Gasteiger partial charge < -0.3 is 9.64 Å². The van der Waals surface area contributed by atoms with Crippen LogP contribution in [0.15, 0.2) is 41.4 Å². The number of nitrogens with zero attached hydrogens (tertiary/aromatic N) is 1. The van der Waals surface area contributed by atoms with Crippen LogP contribution in [0.5, 0.6) is 0 Å². The molecule has 0 aromatic heterocycles. The van der Waals surface area contributed by atoms with E-state index in [-0.39, 0.29) is 18.6 Å². The smallest absolute Gasteiger partial charge is 0.248 e. The van der Waals surface area contributed by atoms with Crippen molar-refractivity contribution in [2.24, 2.45) is 0 Å². The van der Waals surface area contributed by atoms with E-state index in [0.29, 0.717) is 13.1 Å². The number of hydrogen-bond acceptors (Lipinski definition) is 2. The fourth-order valence-corrected chi connectivity index (χ4v) is 2.09. The summed E-state index contributed by atoms with van der Waals surface area (Å²) in [6.45, 7) is 4.97. The second-order valence-corrected chi connectivity index (χ2v) is 4.85. The highest BCUT2D eigenvalue weighted by molar-refractivity contribution is 9.10. The van der Waals surface area contributed by atoms with Crippen LogP contribution < -0.4 is 0 Å². The van der Waals surface area contributed by atoms with Crippen molar-refractivity contribution in [2.45, 2.75) is 6.10 Å². The number of halogens is 1. The summed E-state index contributed by atoms with van der Waals surface area (Å²) in [6, 6.07) is 7.98. The minimum Gasteiger partial charge on any atom is -0.362 e. The van der Waals surface area contributed by atoms with Crippen molar-refractivity contribution in [3.05, 3.63) is 47.0 Å². The van der Waals surface area contributed by atoms with Gasteiger partial charge in [-0.05, 0) is 17.7 Å². The molecule has 1 heterocycles. The third kappa shape index (κ3) is 2.96. The molecule has 1 aliphatic rings. The van der Waals surface area contributed by atoms with Gasteiger partial charge in [0, 0.05) is 11.0 Å². The summed E-state index contributed by atoms with van der Waals surface area (Å²) < 4.78 is 6.59. The number of hydrogen-bond donors (Lipinski definition) is 0. The van der Waals surface area contributed by atoms with Crippen LogP contribution in [0.25, 0.3) is 0 Å². The Morgan fingerprint density at radius 3 is 2.82 bits per heavy atom. The maximum Gasteiger partial charge on any atom is 0.248 e. The molecule has 0 radical (unpaired) electrons. The van der Waals surface area contributed by atoms with Crippen molar-refractivity contribution in [3.63, 3.8) is 0 Å². The molecule has 1 atom stereocenters. The van der Waals surface area contributed by atoms with Crippen molar-refractivity contribution in [2.75, 3.05) is 19.7 Å². The van der Waals surface area contributed by atoms with E-state index >= 15 is 0 Å². The summed E-state index contributed by atoms with van der Waals surface area (Å²) in [5, 5.41) is 0. The van der Waals surface area contributed by atoms with E-state index in [9.17, 15) is 4.79 Å². The van der Waals surface area contributed by atoms with Crippen molar-refractivity contribution >= 4 is 21.8 Å². The highest BCUT2D eigenvalue weighted by Gasteiger charge is 2.26. The lowest BCUT2D eigenvalue weighted by molar-refractivity contribution is -0.148. The third-order valence-corrected chi connectivity index (χ3v) is 3.27. The molecule has 3 nitrogen and oxygen atoms in total. The normalized spacial score (nSPS) is 20.4. The summed E-state index contributed by atoms with van der Waals surface area (Å²) in [6.07, 6.45) is 1.70. The molecule has 1 aliphatic heterocycles. The summed E-state index contributed by atoms with van der Waals surface area (Å²) in [4.78, 5) is 13.3. The van der Waals surface area contributed by atoms with Gasteiger partial charge in [0.05, 0.1) is 6.54 Å². The summed E-state index contributed by atoms with van der Waals surface area (Å²) in [7, 11) is 0. The number of carbonyl (C=O) groups excluding carboxylic acids is 1. The Morgan fingerprint density at radius 1 is 1.47 bits per heavy atom. The number of carbonyl (C=O) groups is 1. The zero-order valence-corrected chi connectivity index (χ0v) is 11.0. The minimum absolute atomic E-state index is 0.0262. The predicted molar refractivity (Wildman–Crippen MR) is 69.6 cm³/mol. The van der Waals surface area contributed by atoms with Gasteiger partial charge in [0.1, 0.15) is 12.7 Å². The lowest BCUT2D eigenvalue weighted by Gasteiger charge is -2.32. The lowest BCUT2D eigenvalue weighted by atomic mass is 10.1. The second kappa shape index (κ2) is 5.47. The number of amides is 1. The largest absolute Gasteiger partial charge is 0.362 e. The Labute approximate surface area is 109 Å². The van der Waals surface area contributed by atoms with Crippen molar-refractivity contribution in [1.82, 2.24) is 4.90 Å². The summed E-state index contributed by atoms with van der Waals surface area (Å²) >= 11 is 3.40. The summed E-state index contributed by atoms with van der Waals surface area (Å²) in [5.74, 6) is 0.0262. The third-order valence-electron chi connectivity index (χ3n) is 2.74. The zero-order valence-electron chi connectivity index (χ0n) is 9.43. The molecule has 0 saturated carbocycles. The Kier molecular flexibility index (Phi) is 3.97. The Bertz CT molecular complexity index is 416. The Hall–Kier alpha value is -1.13. The molecule has 17 heavy (non-hydrogen) atoms. The van der Waals surface area contributed by atoms with E-state index in [0.717, 1.165) is 10.0 Å². The van der Waals surface area contributed by atoms with Gasteiger partial charge in [0.15, 0.2) is 0 Å². The fourth-order valence-electron chi connectivity index (χ4n) is 1.83. The Morgan fingerprint density at radius 2 is 2.18 bits per heavy atom. The molecule has 0 N–H and O–H groups in total.